The molecular weight excluding hydrogens is 366 g/mol. The second kappa shape index (κ2) is 6.67. The molecule has 0 bridgehead atoms. The van der Waals surface area contributed by atoms with Gasteiger partial charge in [0.05, 0.1) is 19.0 Å². The van der Waals surface area contributed by atoms with Crippen molar-refractivity contribution in [3.63, 3.8) is 0 Å². The Morgan fingerprint density at radius 1 is 1.14 bits per heavy atom. The van der Waals surface area contributed by atoms with Crippen LogP contribution in [0.2, 0.25) is 0 Å². The molecule has 2 aromatic heterocycles. The third-order valence-electron chi connectivity index (χ3n) is 5.45. The number of nitrogens with one attached hydrogen (secondary N) is 2. The average Bonchev–Trinajstić information content (AvgIpc) is 3.39. The first-order chi connectivity index (χ1) is 14.1. The van der Waals surface area contributed by atoms with E-state index in [1.54, 1.807) is 24.4 Å². The van der Waals surface area contributed by atoms with Crippen molar-refractivity contribution >= 4 is 22.8 Å². The summed E-state index contributed by atoms with van der Waals surface area (Å²) in [6.07, 6.45) is 6.97. The summed E-state index contributed by atoms with van der Waals surface area (Å²) in [5, 5.41) is 17.7. The number of benzene rings is 2. The maximum absolute atomic E-state index is 13.1. The lowest BCUT2D eigenvalue weighted by Gasteiger charge is -2.14. The summed E-state index contributed by atoms with van der Waals surface area (Å²) in [4.78, 5) is 16.4. The largest absolute Gasteiger partial charge is 0.504 e. The van der Waals surface area contributed by atoms with Gasteiger partial charge in [0.15, 0.2) is 11.5 Å². The number of allylic oxidation sites excluding steroid dienone is 1. The van der Waals surface area contributed by atoms with Crippen LogP contribution in [-0.4, -0.2) is 33.2 Å². The number of rotatable bonds is 3. The van der Waals surface area contributed by atoms with Crippen LogP contribution in [0.15, 0.2) is 54.4 Å². The number of carbonyl (C=O) groups excluding carboxylic acids is 1. The topological polar surface area (TPSA) is 91.0 Å². The quantitative estimate of drug-likeness (QED) is 0.453. The van der Waals surface area contributed by atoms with E-state index in [4.69, 9.17) is 4.74 Å². The van der Waals surface area contributed by atoms with Gasteiger partial charge in [-0.1, -0.05) is 12.1 Å². The number of phenols is 1. The molecule has 0 aliphatic heterocycles. The maximum Gasteiger partial charge on any atom is 0.205 e. The van der Waals surface area contributed by atoms with Gasteiger partial charge >= 0.3 is 0 Å². The summed E-state index contributed by atoms with van der Waals surface area (Å²) in [5.41, 5.74) is 6.34. The first-order valence-corrected chi connectivity index (χ1v) is 9.40. The monoisotopic (exact) mass is 385 g/mol. The molecule has 5 rings (SSSR count). The molecule has 1 aliphatic carbocycles. The van der Waals surface area contributed by atoms with E-state index >= 15 is 0 Å². The second-order valence-electron chi connectivity index (χ2n) is 7.16. The molecule has 6 nitrogen and oxygen atoms in total. The highest BCUT2D eigenvalue weighted by Crippen LogP contribution is 2.35. The highest BCUT2D eigenvalue weighted by atomic mass is 16.5. The molecule has 0 spiro atoms. The van der Waals surface area contributed by atoms with Gasteiger partial charge in [-0.25, -0.2) is 0 Å². The molecule has 0 saturated carbocycles. The van der Waals surface area contributed by atoms with Crippen molar-refractivity contribution in [3.05, 3.63) is 71.2 Å². The van der Waals surface area contributed by atoms with Crippen LogP contribution in [0.25, 0.3) is 28.1 Å². The van der Waals surface area contributed by atoms with Gasteiger partial charge in [-0.3, -0.25) is 9.89 Å². The number of ketones is 1. The molecule has 4 aromatic rings. The zero-order valence-electron chi connectivity index (χ0n) is 15.8. The summed E-state index contributed by atoms with van der Waals surface area (Å²) in [7, 11) is 1.51. The Labute approximate surface area is 166 Å². The number of aromatic nitrogens is 3. The van der Waals surface area contributed by atoms with Gasteiger partial charge in [0.25, 0.3) is 0 Å². The van der Waals surface area contributed by atoms with Gasteiger partial charge in [-0.2, -0.15) is 5.10 Å². The summed E-state index contributed by atoms with van der Waals surface area (Å²) < 4.78 is 5.16. The lowest BCUT2D eigenvalue weighted by atomic mass is 9.89. The molecule has 0 radical (unpaired) electrons. The lowest BCUT2D eigenvalue weighted by molar-refractivity contribution is 0.102. The molecule has 29 heavy (non-hydrogen) atoms. The number of methoxy groups -OCH3 is 1. The van der Waals surface area contributed by atoms with Crippen molar-refractivity contribution in [2.75, 3.05) is 7.11 Å². The predicted molar refractivity (Wildman–Crippen MR) is 111 cm³/mol. The van der Waals surface area contributed by atoms with Crippen LogP contribution in [0.4, 0.5) is 0 Å². The minimum absolute atomic E-state index is 0.0133. The van der Waals surface area contributed by atoms with E-state index in [2.05, 4.69) is 21.2 Å². The minimum Gasteiger partial charge on any atom is -0.504 e. The van der Waals surface area contributed by atoms with Crippen LogP contribution in [0, 0.1) is 0 Å². The number of aryl methyl sites for hydroxylation is 1. The number of carbonyl (C=O) groups is 1. The third kappa shape index (κ3) is 2.89. The van der Waals surface area contributed by atoms with E-state index in [1.165, 1.54) is 7.11 Å². The van der Waals surface area contributed by atoms with Gasteiger partial charge in [0, 0.05) is 28.2 Å². The fourth-order valence-electron chi connectivity index (χ4n) is 3.95. The van der Waals surface area contributed by atoms with Crippen LogP contribution in [-0.2, 0) is 6.42 Å². The molecule has 0 unspecified atom stereocenters. The Morgan fingerprint density at radius 2 is 2.03 bits per heavy atom. The van der Waals surface area contributed by atoms with Crippen molar-refractivity contribution < 1.29 is 14.6 Å². The van der Waals surface area contributed by atoms with Gasteiger partial charge in [-0.05, 0) is 59.9 Å². The van der Waals surface area contributed by atoms with Gasteiger partial charge in [0.2, 0.25) is 5.78 Å². The van der Waals surface area contributed by atoms with Crippen molar-refractivity contribution in [1.29, 1.82) is 0 Å². The van der Waals surface area contributed by atoms with E-state index in [0.717, 1.165) is 45.2 Å². The zero-order chi connectivity index (χ0) is 20.0. The molecule has 0 fully saturated rings. The number of aromatic amines is 2. The first-order valence-electron chi connectivity index (χ1n) is 9.40. The van der Waals surface area contributed by atoms with Crippen LogP contribution >= 0.6 is 0 Å². The summed E-state index contributed by atoms with van der Waals surface area (Å²) >= 11 is 0. The summed E-state index contributed by atoms with van der Waals surface area (Å²) in [5.74, 6) is 0.482. The Kier molecular flexibility index (Phi) is 3.98. The number of nitrogens with zero attached hydrogens (tertiary/aromatic N) is 1. The van der Waals surface area contributed by atoms with Crippen LogP contribution in [0.5, 0.6) is 11.5 Å². The normalized spacial score (nSPS) is 15.1. The number of hydrogen-bond acceptors (Lipinski definition) is 4. The highest BCUT2D eigenvalue weighted by molar-refractivity contribution is 6.15. The second-order valence-corrected chi connectivity index (χ2v) is 7.16. The summed E-state index contributed by atoms with van der Waals surface area (Å²) in [6.45, 7) is 0. The average molecular weight is 385 g/mol. The van der Waals surface area contributed by atoms with Gasteiger partial charge < -0.3 is 14.8 Å². The lowest BCUT2D eigenvalue weighted by Crippen LogP contribution is -2.13. The number of hydrogen-bond donors (Lipinski definition) is 3. The number of aromatic hydroxyl groups is 1. The Bertz CT molecular complexity index is 1270. The number of fused-ring (bicyclic) bond motifs is 3. The number of ether oxygens (including phenoxy) is 1. The van der Waals surface area contributed by atoms with Crippen LogP contribution in [0.3, 0.4) is 0 Å². The maximum atomic E-state index is 13.1. The van der Waals surface area contributed by atoms with Crippen molar-refractivity contribution in [3.8, 4) is 22.6 Å². The van der Waals surface area contributed by atoms with Crippen molar-refractivity contribution in [2.24, 2.45) is 0 Å². The van der Waals surface area contributed by atoms with E-state index < -0.39 is 0 Å². The SMILES string of the molecule is COc1cc(/C=C2\CCc3c([nH]c4ccc(-c5cn[nH]c5)cc34)C2=O)ccc1O. The fraction of sp³-hybridized carbons (Fsp3) is 0.130. The third-order valence-corrected chi connectivity index (χ3v) is 5.45. The Hall–Kier alpha value is -3.80. The van der Waals surface area contributed by atoms with Gasteiger partial charge in [0.1, 0.15) is 0 Å². The van der Waals surface area contributed by atoms with E-state index in [1.807, 2.05) is 24.4 Å². The molecule has 0 amide bonds. The summed E-state index contributed by atoms with van der Waals surface area (Å²) in [6, 6.07) is 11.2. The molecule has 3 N–H and O–H groups in total. The Morgan fingerprint density at radius 3 is 2.83 bits per heavy atom. The molecule has 0 saturated heterocycles. The minimum atomic E-state index is 0.0133. The van der Waals surface area contributed by atoms with Gasteiger partial charge in [-0.15, -0.1) is 0 Å². The molecule has 144 valence electrons. The number of H-pyrrole nitrogens is 2. The molecule has 1 aliphatic rings. The van der Waals surface area contributed by atoms with Crippen molar-refractivity contribution in [1.82, 2.24) is 15.2 Å². The van der Waals surface area contributed by atoms with Crippen LogP contribution in [0.1, 0.15) is 28.0 Å². The molecule has 6 heteroatoms. The fourth-order valence-corrected chi connectivity index (χ4v) is 3.95. The smallest absolute Gasteiger partial charge is 0.205 e. The van der Waals surface area contributed by atoms with E-state index in [0.29, 0.717) is 17.9 Å². The first kappa shape index (κ1) is 17.3. The number of phenolic OH excluding ortho intramolecular Hbond substituents is 1. The molecule has 2 aromatic carbocycles. The van der Waals surface area contributed by atoms with Crippen LogP contribution < -0.4 is 4.74 Å². The molecular formula is C23H19N3O3. The zero-order valence-corrected chi connectivity index (χ0v) is 15.8. The van der Waals surface area contributed by atoms with Crippen molar-refractivity contribution in [2.45, 2.75) is 12.8 Å². The Balaban J connectivity index is 1.54. The van der Waals surface area contributed by atoms with E-state index in [9.17, 15) is 9.90 Å². The molecule has 2 heterocycles. The standard InChI is InChI=1S/C23H19N3O3/c1-29-21-9-13(2-7-20(21)27)8-15-3-5-17-18-10-14(16-11-24-25-12-16)4-6-19(18)26-22(17)23(15)28/h2,4,6-12,26-27H,3,5H2,1H3,(H,24,25)/b15-8+. The predicted octanol–water partition coefficient (Wildman–Crippen LogP) is 4.48. The van der Waals surface area contributed by atoms with E-state index in [-0.39, 0.29) is 11.5 Å². The number of Topliss-reactive ketones (excluding diaryl/α,β-unsaturated/α-hetero) is 1. The highest BCUT2D eigenvalue weighted by Gasteiger charge is 2.26. The molecule has 0 atom stereocenters.